The van der Waals surface area contributed by atoms with Crippen molar-refractivity contribution in [3.05, 3.63) is 52.5 Å². The van der Waals surface area contributed by atoms with Crippen LogP contribution in [0.1, 0.15) is 105 Å². The number of primary amides is 1. The van der Waals surface area contributed by atoms with Gasteiger partial charge in [-0.25, -0.2) is 4.98 Å². The number of amides is 4. The minimum Gasteiger partial charge on any atom is -0.379 e. The van der Waals surface area contributed by atoms with Crippen molar-refractivity contribution in [3.8, 4) is 0 Å². The fourth-order valence-corrected chi connectivity index (χ4v) is 7.89. The molecular formula is C44H76N6O6S. The summed E-state index contributed by atoms with van der Waals surface area (Å²) < 4.78 is 11.7. The van der Waals surface area contributed by atoms with Crippen LogP contribution < -0.4 is 11.1 Å². The van der Waals surface area contributed by atoms with Crippen LogP contribution >= 0.6 is 11.3 Å². The third-order valence-electron chi connectivity index (χ3n) is 10.9. The van der Waals surface area contributed by atoms with Gasteiger partial charge in [-0.2, -0.15) is 0 Å². The summed E-state index contributed by atoms with van der Waals surface area (Å²) in [6, 6.07) is 10.1. The maximum Gasteiger partial charge on any atom is 0.235 e. The minimum atomic E-state index is -0.441. The molecule has 1 fully saturated rings. The van der Waals surface area contributed by atoms with E-state index in [1.165, 1.54) is 16.9 Å². The van der Waals surface area contributed by atoms with E-state index in [1.807, 2.05) is 82.1 Å². The van der Waals surface area contributed by atoms with Crippen molar-refractivity contribution < 1.29 is 28.7 Å². The molecule has 3 N–H and O–H groups in total. The first-order valence-electron chi connectivity index (χ1n) is 20.6. The van der Waals surface area contributed by atoms with Crippen LogP contribution in [-0.4, -0.2) is 115 Å². The maximum atomic E-state index is 13.7. The molecule has 7 unspecified atom stereocenters. The number of benzene rings is 1. The lowest BCUT2D eigenvalue weighted by atomic mass is 9.90. The lowest BCUT2D eigenvalue weighted by Crippen LogP contribution is -2.53. The number of nitrogens with zero attached hydrogens (tertiary/aromatic N) is 4. The number of nitrogens with two attached hydrogens (primary N) is 1. The van der Waals surface area contributed by atoms with Gasteiger partial charge in [0.15, 0.2) is 0 Å². The predicted molar refractivity (Wildman–Crippen MR) is 231 cm³/mol. The normalized spacial score (nSPS) is 17.2. The van der Waals surface area contributed by atoms with Crippen molar-refractivity contribution in [2.75, 3.05) is 34.9 Å². The van der Waals surface area contributed by atoms with Gasteiger partial charge in [-0.1, -0.05) is 90.8 Å². The highest BCUT2D eigenvalue weighted by Gasteiger charge is 2.42. The topological polar surface area (TPSA) is 147 Å². The Balaban J connectivity index is 0.000000695. The monoisotopic (exact) mass is 817 g/mol. The van der Waals surface area contributed by atoms with Crippen LogP contribution in [0.5, 0.6) is 0 Å². The highest BCUT2D eigenvalue weighted by atomic mass is 32.1. The first-order valence-corrected chi connectivity index (χ1v) is 21.5. The Hall–Kier alpha value is -3.39. The maximum absolute atomic E-state index is 13.7. The highest BCUT2D eigenvalue weighted by Crippen LogP contribution is 2.29. The van der Waals surface area contributed by atoms with Crippen molar-refractivity contribution in [1.29, 1.82) is 0 Å². The SMILES string of the molecule is CC(C)C(C(N)=O)N(C)C(C)C.CCC(C)C(C(CC(=O)N1CCCC1C(OC)C(C)C(=O)NCc1nccs1)OC)N(C)C(=O)CC(C)C.Cc1ccccc1. The van der Waals surface area contributed by atoms with Gasteiger partial charge >= 0.3 is 0 Å². The third kappa shape index (κ3) is 17.2. The van der Waals surface area contributed by atoms with Crippen LogP contribution in [0.25, 0.3) is 0 Å². The summed E-state index contributed by atoms with van der Waals surface area (Å²) in [5, 5.41) is 5.67. The average Bonchev–Trinajstić information content (AvgIpc) is 3.87. The smallest absolute Gasteiger partial charge is 0.235 e. The van der Waals surface area contributed by atoms with Gasteiger partial charge in [0.25, 0.3) is 0 Å². The van der Waals surface area contributed by atoms with Crippen LogP contribution in [0, 0.1) is 30.6 Å². The van der Waals surface area contributed by atoms with E-state index < -0.39 is 18.1 Å². The zero-order valence-electron chi connectivity index (χ0n) is 37.5. The fourth-order valence-electron chi connectivity index (χ4n) is 7.34. The lowest BCUT2D eigenvalue weighted by Gasteiger charge is -2.39. The van der Waals surface area contributed by atoms with Crippen LogP contribution in [-0.2, 0) is 35.2 Å². The summed E-state index contributed by atoms with van der Waals surface area (Å²) in [4.78, 5) is 60.5. The number of nitrogens with one attached hydrogen (secondary N) is 1. The Morgan fingerprint density at radius 1 is 0.982 bits per heavy atom. The third-order valence-corrected chi connectivity index (χ3v) is 11.7. The fraction of sp³-hybridized carbons (Fsp3) is 0.705. The molecule has 0 bridgehead atoms. The summed E-state index contributed by atoms with van der Waals surface area (Å²) in [7, 11) is 6.97. The van der Waals surface area contributed by atoms with E-state index in [1.54, 1.807) is 25.3 Å². The molecule has 1 aliphatic heterocycles. The predicted octanol–water partition coefficient (Wildman–Crippen LogP) is 6.56. The van der Waals surface area contributed by atoms with Crippen molar-refractivity contribution in [3.63, 3.8) is 0 Å². The molecule has 0 saturated carbocycles. The molecule has 2 heterocycles. The molecule has 2 aromatic rings. The van der Waals surface area contributed by atoms with Gasteiger partial charge in [-0.3, -0.25) is 24.1 Å². The van der Waals surface area contributed by atoms with Gasteiger partial charge < -0.3 is 30.3 Å². The van der Waals surface area contributed by atoms with E-state index in [9.17, 15) is 19.2 Å². The van der Waals surface area contributed by atoms with Crippen molar-refractivity contribution in [1.82, 2.24) is 25.0 Å². The molecule has 1 aromatic heterocycles. The van der Waals surface area contributed by atoms with E-state index >= 15 is 0 Å². The van der Waals surface area contributed by atoms with Gasteiger partial charge in [0, 0.05) is 51.9 Å². The molecule has 0 radical (unpaired) electrons. The number of likely N-dealkylation sites (tertiary alicyclic amines) is 1. The van der Waals surface area contributed by atoms with Crippen LogP contribution in [0.2, 0.25) is 0 Å². The lowest BCUT2D eigenvalue weighted by molar-refractivity contribution is -0.146. The van der Waals surface area contributed by atoms with Gasteiger partial charge in [-0.15, -0.1) is 11.3 Å². The number of hydrogen-bond acceptors (Lipinski definition) is 9. The quantitative estimate of drug-likeness (QED) is 0.162. The van der Waals surface area contributed by atoms with E-state index in [0.29, 0.717) is 25.6 Å². The molecule has 324 valence electrons. The van der Waals surface area contributed by atoms with Gasteiger partial charge in [0.2, 0.25) is 23.6 Å². The highest BCUT2D eigenvalue weighted by molar-refractivity contribution is 7.09. The Bertz CT molecular complexity index is 1440. The second-order valence-electron chi connectivity index (χ2n) is 16.4. The Morgan fingerprint density at radius 2 is 1.61 bits per heavy atom. The molecule has 3 rings (SSSR count). The van der Waals surface area contributed by atoms with Crippen molar-refractivity contribution >= 4 is 35.0 Å². The number of likely N-dealkylation sites (N-methyl/N-ethyl adjacent to an activating group) is 2. The summed E-state index contributed by atoms with van der Waals surface area (Å²) >= 11 is 1.49. The number of rotatable bonds is 19. The molecule has 7 atom stereocenters. The zero-order valence-corrected chi connectivity index (χ0v) is 38.3. The van der Waals surface area contributed by atoms with Crippen LogP contribution in [0.4, 0.5) is 0 Å². The number of aromatic nitrogens is 1. The first kappa shape index (κ1) is 51.6. The summed E-state index contributed by atoms with van der Waals surface area (Å²) in [6.07, 6.45) is 3.97. The zero-order chi connectivity index (χ0) is 43.4. The van der Waals surface area contributed by atoms with E-state index in [4.69, 9.17) is 15.2 Å². The van der Waals surface area contributed by atoms with E-state index in [2.05, 4.69) is 57.1 Å². The summed E-state index contributed by atoms with van der Waals surface area (Å²) in [6.45, 7) is 21.3. The molecule has 1 aliphatic rings. The van der Waals surface area contributed by atoms with Crippen LogP contribution in [0.3, 0.4) is 0 Å². The summed E-state index contributed by atoms with van der Waals surface area (Å²) in [5.41, 5.74) is 6.62. The number of carbonyl (C=O) groups is 4. The van der Waals surface area contributed by atoms with Gasteiger partial charge in [0.05, 0.1) is 49.2 Å². The van der Waals surface area contributed by atoms with Gasteiger partial charge in [0.1, 0.15) is 5.01 Å². The minimum absolute atomic E-state index is 0.0326. The number of methoxy groups -OCH3 is 2. The number of thiazole rings is 1. The molecule has 4 amide bonds. The van der Waals surface area contributed by atoms with E-state index in [-0.39, 0.29) is 65.9 Å². The molecule has 1 aromatic carbocycles. The molecule has 13 heteroatoms. The molecule has 0 spiro atoms. The second-order valence-corrected chi connectivity index (χ2v) is 17.4. The largest absolute Gasteiger partial charge is 0.379 e. The second kappa shape index (κ2) is 26.6. The standard InChI is InChI=1S/C28H48N4O5S.C9H20N2O.C7H8/c1-9-19(4)26(31(6)24(33)15-18(2)3)22(36-7)16-25(34)32-13-10-11-21(32)27(37-8)20(5)28(35)30-17-23-29-12-14-38-23;1-6(2)8(9(10)12)11(5)7(3)4;1-7-5-3-2-4-6-7/h12,14,18-22,26-27H,9-11,13,15-17H2,1-8H3,(H,30,35);6-8H,1-5H3,(H2,10,12);2-6H,1H3. The summed E-state index contributed by atoms with van der Waals surface area (Å²) in [5.74, 6) is -0.0759. The molecular weight excluding hydrogens is 741 g/mol. The number of hydrogen-bond donors (Lipinski definition) is 2. The Kier molecular flexibility index (Phi) is 24.1. The molecule has 0 aliphatic carbocycles. The van der Waals surface area contributed by atoms with Crippen LogP contribution in [0.15, 0.2) is 41.9 Å². The molecule has 12 nitrogen and oxygen atoms in total. The van der Waals surface area contributed by atoms with E-state index in [0.717, 1.165) is 24.3 Å². The molecule has 1 saturated heterocycles. The Labute approximate surface area is 348 Å². The van der Waals surface area contributed by atoms with Crippen molar-refractivity contribution in [2.45, 2.75) is 144 Å². The Morgan fingerprint density at radius 3 is 2.04 bits per heavy atom. The first-order chi connectivity index (χ1) is 26.8. The number of carbonyl (C=O) groups excluding carboxylic acids is 4. The number of ether oxygens (including phenoxy) is 2. The van der Waals surface area contributed by atoms with Crippen molar-refractivity contribution in [2.24, 2.45) is 29.4 Å². The van der Waals surface area contributed by atoms with Gasteiger partial charge in [-0.05, 0) is 58.4 Å². The average molecular weight is 817 g/mol. The number of aryl methyl sites for hydroxylation is 1. The molecule has 57 heavy (non-hydrogen) atoms.